The van der Waals surface area contributed by atoms with Crippen LogP contribution in [0.4, 0.5) is 4.39 Å². The number of benzene rings is 1. The highest BCUT2D eigenvalue weighted by atomic mass is 19.1. The van der Waals surface area contributed by atoms with Gasteiger partial charge >= 0.3 is 0 Å². The smallest absolute Gasteiger partial charge is 0.225 e. The Labute approximate surface area is 131 Å². The van der Waals surface area contributed by atoms with Crippen molar-refractivity contribution >= 4 is 5.91 Å². The van der Waals surface area contributed by atoms with Crippen LogP contribution in [0.5, 0.6) is 5.75 Å². The zero-order valence-electron chi connectivity index (χ0n) is 13.3. The molecule has 0 aliphatic heterocycles. The highest BCUT2D eigenvalue weighted by Gasteiger charge is 2.38. The topological polar surface area (TPSA) is 64.3 Å². The molecule has 0 heterocycles. The average Bonchev–Trinajstić information content (AvgIpc) is 2.44. The van der Waals surface area contributed by atoms with E-state index >= 15 is 0 Å². The molecule has 0 spiro atoms. The van der Waals surface area contributed by atoms with Gasteiger partial charge in [-0.25, -0.2) is 4.39 Å². The molecule has 3 unspecified atom stereocenters. The van der Waals surface area contributed by atoms with Crippen molar-refractivity contribution in [3.63, 3.8) is 0 Å². The summed E-state index contributed by atoms with van der Waals surface area (Å²) in [6.45, 7) is 4.11. The van der Waals surface area contributed by atoms with Gasteiger partial charge in [0.15, 0.2) is 0 Å². The number of ether oxygens (including phenoxy) is 1. The Morgan fingerprint density at radius 1 is 1.55 bits per heavy atom. The maximum Gasteiger partial charge on any atom is 0.225 e. The van der Waals surface area contributed by atoms with Crippen molar-refractivity contribution in [2.75, 3.05) is 6.61 Å². The predicted octanol–water partition coefficient (Wildman–Crippen LogP) is 2.62. The third-order valence-electron chi connectivity index (χ3n) is 4.26. The quantitative estimate of drug-likeness (QED) is 0.879. The van der Waals surface area contributed by atoms with Crippen molar-refractivity contribution in [2.24, 2.45) is 11.7 Å². The summed E-state index contributed by atoms with van der Waals surface area (Å²) in [5, 5.41) is 2.95. The molecule has 1 amide bonds. The molecule has 0 saturated heterocycles. The van der Waals surface area contributed by atoms with Crippen molar-refractivity contribution in [3.05, 3.63) is 30.1 Å². The number of rotatable bonds is 5. The standard InChI is InChI=1S/C17H25FN2O2/c1-12(11-22-14-7-5-6-13(18)10-14)20-16(21)15-8-3-4-9-17(15,2)19/h5-7,10,12,15H,3-4,8-9,11,19H2,1-2H3,(H,20,21). The third kappa shape index (κ3) is 4.44. The van der Waals surface area contributed by atoms with E-state index in [1.807, 2.05) is 13.8 Å². The number of halogens is 1. The van der Waals surface area contributed by atoms with Crippen LogP contribution in [0, 0.1) is 11.7 Å². The van der Waals surface area contributed by atoms with Gasteiger partial charge in [0, 0.05) is 11.6 Å². The van der Waals surface area contributed by atoms with E-state index in [4.69, 9.17) is 10.5 Å². The molecule has 0 radical (unpaired) electrons. The van der Waals surface area contributed by atoms with E-state index in [1.165, 1.54) is 12.1 Å². The second kappa shape index (κ2) is 7.09. The minimum Gasteiger partial charge on any atom is -0.491 e. The number of hydrogen-bond acceptors (Lipinski definition) is 3. The van der Waals surface area contributed by atoms with Crippen LogP contribution in [-0.4, -0.2) is 24.1 Å². The van der Waals surface area contributed by atoms with Gasteiger partial charge in [-0.2, -0.15) is 0 Å². The Morgan fingerprint density at radius 3 is 3.00 bits per heavy atom. The van der Waals surface area contributed by atoms with Gasteiger partial charge in [-0.15, -0.1) is 0 Å². The molecule has 1 fully saturated rings. The van der Waals surface area contributed by atoms with Gasteiger partial charge in [-0.05, 0) is 38.8 Å². The van der Waals surface area contributed by atoms with E-state index in [2.05, 4.69) is 5.32 Å². The van der Waals surface area contributed by atoms with Gasteiger partial charge in [0.1, 0.15) is 18.2 Å². The Hall–Kier alpha value is -1.62. The highest BCUT2D eigenvalue weighted by Crippen LogP contribution is 2.31. The number of carbonyl (C=O) groups is 1. The molecule has 1 aromatic rings. The maximum atomic E-state index is 13.1. The minimum atomic E-state index is -0.439. The highest BCUT2D eigenvalue weighted by molar-refractivity contribution is 5.80. The molecule has 1 saturated carbocycles. The molecule has 22 heavy (non-hydrogen) atoms. The summed E-state index contributed by atoms with van der Waals surface area (Å²) < 4.78 is 18.6. The van der Waals surface area contributed by atoms with Gasteiger partial charge in [-0.1, -0.05) is 18.9 Å². The van der Waals surface area contributed by atoms with Gasteiger partial charge in [0.25, 0.3) is 0 Å². The molecule has 1 aliphatic rings. The fraction of sp³-hybridized carbons (Fsp3) is 0.588. The molecular formula is C17H25FN2O2. The summed E-state index contributed by atoms with van der Waals surface area (Å²) in [6, 6.07) is 5.81. The average molecular weight is 308 g/mol. The number of hydrogen-bond donors (Lipinski definition) is 2. The van der Waals surface area contributed by atoms with E-state index in [1.54, 1.807) is 12.1 Å². The van der Waals surface area contributed by atoms with E-state index in [0.29, 0.717) is 12.4 Å². The molecule has 2 rings (SSSR count). The first kappa shape index (κ1) is 16.7. The number of nitrogens with one attached hydrogen (secondary N) is 1. The van der Waals surface area contributed by atoms with E-state index < -0.39 is 5.54 Å². The number of nitrogens with two attached hydrogens (primary N) is 1. The molecular weight excluding hydrogens is 283 g/mol. The third-order valence-corrected chi connectivity index (χ3v) is 4.26. The summed E-state index contributed by atoms with van der Waals surface area (Å²) in [5.74, 6) is -0.0457. The zero-order chi connectivity index (χ0) is 16.2. The van der Waals surface area contributed by atoms with Gasteiger partial charge in [0.05, 0.1) is 12.0 Å². The monoisotopic (exact) mass is 308 g/mol. The lowest BCUT2D eigenvalue weighted by atomic mass is 9.74. The van der Waals surface area contributed by atoms with Crippen LogP contribution in [-0.2, 0) is 4.79 Å². The summed E-state index contributed by atoms with van der Waals surface area (Å²) in [6.07, 6.45) is 3.82. The molecule has 1 aromatic carbocycles. The summed E-state index contributed by atoms with van der Waals surface area (Å²) in [7, 11) is 0. The maximum absolute atomic E-state index is 13.1. The fourth-order valence-corrected chi connectivity index (χ4v) is 2.95. The molecule has 122 valence electrons. The zero-order valence-corrected chi connectivity index (χ0v) is 13.3. The normalized spacial score (nSPS) is 26.3. The molecule has 0 bridgehead atoms. The summed E-state index contributed by atoms with van der Waals surface area (Å²) in [4.78, 5) is 12.4. The van der Waals surface area contributed by atoms with Crippen molar-refractivity contribution in [2.45, 2.75) is 51.1 Å². The van der Waals surface area contributed by atoms with Gasteiger partial charge in [-0.3, -0.25) is 4.79 Å². The summed E-state index contributed by atoms with van der Waals surface area (Å²) in [5.41, 5.74) is 5.81. The van der Waals surface area contributed by atoms with Crippen LogP contribution < -0.4 is 15.8 Å². The van der Waals surface area contributed by atoms with Crippen LogP contribution in [0.2, 0.25) is 0 Å². The predicted molar refractivity (Wildman–Crippen MR) is 84.1 cm³/mol. The van der Waals surface area contributed by atoms with Crippen LogP contribution in [0.25, 0.3) is 0 Å². The lowest BCUT2D eigenvalue weighted by Gasteiger charge is -2.37. The van der Waals surface area contributed by atoms with Crippen LogP contribution in [0.15, 0.2) is 24.3 Å². The van der Waals surface area contributed by atoms with Crippen molar-refractivity contribution < 1.29 is 13.9 Å². The first-order valence-electron chi connectivity index (χ1n) is 7.86. The van der Waals surface area contributed by atoms with Crippen molar-refractivity contribution in [1.29, 1.82) is 0 Å². The number of carbonyl (C=O) groups excluding carboxylic acids is 1. The summed E-state index contributed by atoms with van der Waals surface area (Å²) >= 11 is 0. The Morgan fingerprint density at radius 2 is 2.32 bits per heavy atom. The van der Waals surface area contributed by atoms with Crippen molar-refractivity contribution in [3.8, 4) is 5.75 Å². The Bertz CT molecular complexity index is 519. The first-order chi connectivity index (χ1) is 10.4. The van der Waals surface area contributed by atoms with Gasteiger partial charge < -0.3 is 15.8 Å². The lowest BCUT2D eigenvalue weighted by molar-refractivity contribution is -0.128. The molecule has 0 aromatic heterocycles. The molecule has 3 N–H and O–H groups in total. The number of amides is 1. The molecule has 4 nitrogen and oxygen atoms in total. The largest absolute Gasteiger partial charge is 0.491 e. The van der Waals surface area contributed by atoms with E-state index in [9.17, 15) is 9.18 Å². The fourth-order valence-electron chi connectivity index (χ4n) is 2.95. The lowest BCUT2D eigenvalue weighted by Crippen LogP contribution is -2.54. The SMILES string of the molecule is CC(COc1cccc(F)c1)NC(=O)C1CCCCC1(C)N. The molecule has 3 atom stereocenters. The molecule has 1 aliphatic carbocycles. The van der Waals surface area contributed by atoms with Crippen LogP contribution >= 0.6 is 0 Å². The van der Waals surface area contributed by atoms with Crippen LogP contribution in [0.3, 0.4) is 0 Å². The Kier molecular flexibility index (Phi) is 5.40. The van der Waals surface area contributed by atoms with Crippen molar-refractivity contribution in [1.82, 2.24) is 5.32 Å². The first-order valence-corrected chi connectivity index (χ1v) is 7.86. The minimum absolute atomic E-state index is 0.0138. The van der Waals surface area contributed by atoms with Crippen LogP contribution in [0.1, 0.15) is 39.5 Å². The Balaban J connectivity index is 1.83. The van der Waals surface area contributed by atoms with E-state index in [-0.39, 0.29) is 23.7 Å². The van der Waals surface area contributed by atoms with Gasteiger partial charge in [0.2, 0.25) is 5.91 Å². The second-order valence-corrected chi connectivity index (χ2v) is 6.48. The molecule has 5 heteroatoms. The van der Waals surface area contributed by atoms with E-state index in [0.717, 1.165) is 25.7 Å². The second-order valence-electron chi connectivity index (χ2n) is 6.48.